The zero-order valence-corrected chi connectivity index (χ0v) is 13.5. The summed E-state index contributed by atoms with van der Waals surface area (Å²) in [6.07, 6.45) is 0. The van der Waals surface area contributed by atoms with Gasteiger partial charge in [0.25, 0.3) is 4.57 Å². The number of hydrogen-bond donors (Lipinski definition) is 0. The minimum atomic E-state index is 0.325. The monoisotopic (exact) mass is 359 g/mol. The van der Waals surface area contributed by atoms with Gasteiger partial charge in [-0.1, -0.05) is 51.9 Å². The summed E-state index contributed by atoms with van der Waals surface area (Å²) in [5.41, 5.74) is 7.32. The molecule has 0 atom stereocenters. The van der Waals surface area contributed by atoms with Gasteiger partial charge >= 0.3 is 0 Å². The van der Waals surface area contributed by atoms with Gasteiger partial charge in [-0.15, -0.1) is 22.4 Å². The molecule has 2 aromatic carbocycles. The number of aryl methyl sites for hydroxylation is 3. The van der Waals surface area contributed by atoms with Gasteiger partial charge < -0.3 is 0 Å². The van der Waals surface area contributed by atoms with Crippen LogP contribution in [0.5, 0.6) is 0 Å². The first kappa shape index (κ1) is 14.1. The van der Waals surface area contributed by atoms with Crippen LogP contribution in [0, 0.1) is 32.1 Å². The van der Waals surface area contributed by atoms with E-state index in [2.05, 4.69) is 61.3 Å². The second-order valence-electron chi connectivity index (χ2n) is 4.91. The lowest BCUT2D eigenvalue weighted by atomic mass is 9.60. The molecule has 0 N–H and O–H groups in total. The fraction of sp³-hybridized carbons (Fsp3) is 0.188. The molecule has 19 heavy (non-hydrogen) atoms. The van der Waals surface area contributed by atoms with E-state index >= 15 is 0 Å². The predicted molar refractivity (Wildman–Crippen MR) is 90.9 cm³/mol. The first-order chi connectivity index (χ1) is 9.02. The molecule has 1 nitrogen and oxygen atoms in total. The second-order valence-corrected chi connectivity index (χ2v) is 6.15. The van der Waals surface area contributed by atoms with Crippen molar-refractivity contribution in [3.05, 3.63) is 58.7 Å². The van der Waals surface area contributed by atoms with Gasteiger partial charge in [-0.3, -0.25) is 0 Å². The summed E-state index contributed by atoms with van der Waals surface area (Å²) in [5, 5.41) is 8.85. The maximum absolute atomic E-state index is 8.85. The van der Waals surface area contributed by atoms with Crippen molar-refractivity contribution >= 4 is 37.9 Å². The van der Waals surface area contributed by atoms with Crippen LogP contribution in [0.2, 0.25) is 0 Å². The number of benzene rings is 2. The first-order valence-corrected chi connectivity index (χ1v) is 7.49. The van der Waals surface area contributed by atoms with Crippen LogP contribution < -0.4 is 10.9 Å². The lowest BCUT2D eigenvalue weighted by Gasteiger charge is -2.15. The summed E-state index contributed by atoms with van der Waals surface area (Å²) < 4.78 is 0.325. The van der Waals surface area contributed by atoms with Crippen molar-refractivity contribution in [1.82, 2.24) is 0 Å². The van der Waals surface area contributed by atoms with E-state index in [9.17, 15) is 0 Å². The molecule has 0 spiro atoms. The van der Waals surface area contributed by atoms with Crippen molar-refractivity contribution in [3.8, 4) is 6.07 Å². The summed E-state index contributed by atoms with van der Waals surface area (Å²) >= 11 is 2.48. The quantitative estimate of drug-likeness (QED) is 0.598. The molecule has 2 aromatic rings. The van der Waals surface area contributed by atoms with Crippen LogP contribution in [0.25, 0.3) is 0 Å². The molecule has 0 heterocycles. The molecule has 94 valence electrons. The third-order valence-electron chi connectivity index (χ3n) is 3.32. The topological polar surface area (TPSA) is 23.8 Å². The minimum absolute atomic E-state index is 0.325. The highest BCUT2D eigenvalue weighted by atomic mass is 127. The van der Waals surface area contributed by atoms with Gasteiger partial charge in [0, 0.05) is 0 Å². The van der Waals surface area contributed by atoms with Crippen LogP contribution in [-0.2, 0) is 0 Å². The maximum Gasteiger partial charge on any atom is 0.283 e. The Balaban J connectivity index is 2.44. The van der Waals surface area contributed by atoms with E-state index in [4.69, 9.17) is 5.26 Å². The van der Waals surface area contributed by atoms with Crippen LogP contribution >= 0.6 is 22.4 Å². The van der Waals surface area contributed by atoms with Gasteiger partial charge in [0.15, 0.2) is 0 Å². The number of halogens is 1. The average Bonchev–Trinajstić information content (AvgIpc) is 2.37. The minimum Gasteiger partial charge on any atom is -0.192 e. The molecule has 0 bridgehead atoms. The molecule has 2 rings (SSSR count). The summed E-state index contributed by atoms with van der Waals surface area (Å²) in [5.74, 6) is 0. The summed E-state index contributed by atoms with van der Waals surface area (Å²) in [7, 11) is 0. The van der Waals surface area contributed by atoms with Crippen molar-refractivity contribution in [2.24, 2.45) is 0 Å². The third-order valence-corrected chi connectivity index (χ3v) is 4.67. The van der Waals surface area contributed by atoms with Gasteiger partial charge in [-0.2, -0.15) is 5.26 Å². The van der Waals surface area contributed by atoms with E-state index in [1.165, 1.54) is 27.6 Å². The number of hydrogen-bond acceptors (Lipinski definition) is 1. The van der Waals surface area contributed by atoms with Crippen LogP contribution in [0.3, 0.4) is 0 Å². The van der Waals surface area contributed by atoms with Crippen LogP contribution in [-0.4, -0.2) is 4.57 Å². The molecule has 0 saturated heterocycles. The van der Waals surface area contributed by atoms with Gasteiger partial charge in [-0.25, -0.2) is 0 Å². The fourth-order valence-corrected chi connectivity index (χ4v) is 3.88. The van der Waals surface area contributed by atoms with Gasteiger partial charge in [0.1, 0.15) is 0 Å². The lowest BCUT2D eigenvalue weighted by molar-refractivity contribution is 1.35. The van der Waals surface area contributed by atoms with E-state index < -0.39 is 0 Å². The van der Waals surface area contributed by atoms with Crippen molar-refractivity contribution in [2.45, 2.75) is 20.8 Å². The SMILES string of the molecule is Cc1cc(C)c(B(I)c2ccc(C#N)cc2)c(C)c1. The largest absolute Gasteiger partial charge is 0.283 e. The number of nitriles is 1. The Labute approximate surface area is 128 Å². The van der Waals surface area contributed by atoms with E-state index in [0.717, 1.165) is 0 Å². The fourth-order valence-electron chi connectivity index (χ4n) is 2.48. The van der Waals surface area contributed by atoms with Crippen molar-refractivity contribution in [1.29, 1.82) is 5.26 Å². The zero-order valence-electron chi connectivity index (χ0n) is 11.4. The highest BCUT2D eigenvalue weighted by molar-refractivity contribution is 14.1. The Morgan fingerprint density at radius 2 is 1.53 bits per heavy atom. The molecular weight excluding hydrogens is 344 g/mol. The smallest absolute Gasteiger partial charge is 0.192 e. The van der Waals surface area contributed by atoms with E-state index in [-0.39, 0.29) is 0 Å². The molecule has 3 heteroatoms. The lowest BCUT2D eigenvalue weighted by Crippen LogP contribution is -2.39. The molecule has 0 radical (unpaired) electrons. The Bertz CT molecular complexity index is 618. The molecule has 0 saturated carbocycles. The maximum atomic E-state index is 8.85. The highest BCUT2D eigenvalue weighted by Crippen LogP contribution is 2.11. The number of nitrogens with zero attached hydrogens (tertiary/aromatic N) is 1. The van der Waals surface area contributed by atoms with Crippen LogP contribution in [0.1, 0.15) is 22.3 Å². The Hall–Kier alpha value is -1.28. The standard InChI is InChI=1S/C16H15BIN/c1-11-8-12(2)16(13(3)9-11)17(18)15-6-4-14(10-19)5-7-15/h4-9H,1-3H3. The molecule has 0 aliphatic carbocycles. The molecule has 0 aliphatic heterocycles. The highest BCUT2D eigenvalue weighted by Gasteiger charge is 2.19. The van der Waals surface area contributed by atoms with Gasteiger partial charge in [0.05, 0.1) is 11.6 Å². The molecule has 0 unspecified atom stereocenters. The van der Waals surface area contributed by atoms with Crippen molar-refractivity contribution < 1.29 is 0 Å². The second kappa shape index (κ2) is 5.79. The Morgan fingerprint density at radius 1 is 1.00 bits per heavy atom. The average molecular weight is 359 g/mol. The van der Waals surface area contributed by atoms with Crippen molar-refractivity contribution in [3.63, 3.8) is 0 Å². The van der Waals surface area contributed by atoms with E-state index in [1.807, 2.05) is 24.3 Å². The molecule has 0 amide bonds. The van der Waals surface area contributed by atoms with E-state index in [0.29, 0.717) is 10.1 Å². The van der Waals surface area contributed by atoms with Gasteiger partial charge in [0.2, 0.25) is 0 Å². The Morgan fingerprint density at radius 3 is 2.00 bits per heavy atom. The predicted octanol–water partition coefficient (Wildman–Crippen LogP) is 3.02. The van der Waals surface area contributed by atoms with Crippen molar-refractivity contribution in [2.75, 3.05) is 0 Å². The molecule has 0 fully saturated rings. The first-order valence-electron chi connectivity index (χ1n) is 6.25. The summed E-state index contributed by atoms with van der Waals surface area (Å²) in [6.45, 7) is 6.48. The van der Waals surface area contributed by atoms with E-state index in [1.54, 1.807) is 0 Å². The molecule has 0 aliphatic rings. The van der Waals surface area contributed by atoms with Crippen LogP contribution in [0.4, 0.5) is 0 Å². The van der Waals surface area contributed by atoms with Gasteiger partial charge in [-0.05, 0) is 32.9 Å². The summed E-state index contributed by atoms with van der Waals surface area (Å²) in [4.78, 5) is 0. The Kier molecular flexibility index (Phi) is 4.31. The molecular formula is C16H15BIN. The van der Waals surface area contributed by atoms with Crippen LogP contribution in [0.15, 0.2) is 36.4 Å². The molecule has 0 aromatic heterocycles. The number of rotatable bonds is 2. The summed E-state index contributed by atoms with van der Waals surface area (Å²) in [6, 6.07) is 14.5. The third kappa shape index (κ3) is 3.01. The normalized spacial score (nSPS) is 10.1. The zero-order chi connectivity index (χ0) is 14.0.